The highest BCUT2D eigenvalue weighted by molar-refractivity contribution is 5.99. The molecule has 0 atom stereocenters. The Bertz CT molecular complexity index is 651. The maximum Gasteiger partial charge on any atom is 0.323 e. The lowest BCUT2D eigenvalue weighted by Gasteiger charge is -2.09. The summed E-state index contributed by atoms with van der Waals surface area (Å²) in [6.45, 7) is 3.30. The molecule has 0 saturated heterocycles. The lowest BCUT2D eigenvalue weighted by molar-refractivity contribution is -0.131. The third-order valence-corrected chi connectivity index (χ3v) is 2.66. The van der Waals surface area contributed by atoms with Crippen molar-refractivity contribution in [3.63, 3.8) is 0 Å². The summed E-state index contributed by atoms with van der Waals surface area (Å²) < 4.78 is 4.96. The van der Waals surface area contributed by atoms with Crippen molar-refractivity contribution in [3.05, 3.63) is 54.1 Å². The second-order valence-corrected chi connectivity index (χ2v) is 4.57. The Balaban J connectivity index is 1.99. The average molecular weight is 284 g/mol. The predicted molar refractivity (Wildman–Crippen MR) is 81.6 cm³/mol. The van der Waals surface area contributed by atoms with Gasteiger partial charge in [0.15, 0.2) is 0 Å². The van der Waals surface area contributed by atoms with Crippen molar-refractivity contribution in [1.82, 2.24) is 0 Å². The summed E-state index contributed by atoms with van der Waals surface area (Å²) in [6, 6.07) is 13.7. The molecular weight excluding hydrogens is 268 g/mol. The van der Waals surface area contributed by atoms with Crippen LogP contribution in [0, 0.1) is 6.92 Å². The van der Waals surface area contributed by atoms with Gasteiger partial charge in [0.1, 0.15) is 5.75 Å². The van der Waals surface area contributed by atoms with E-state index in [0.717, 1.165) is 5.56 Å². The number of hydrogen-bond donors (Lipinski definition) is 2. The Labute approximate surface area is 122 Å². The van der Waals surface area contributed by atoms with Gasteiger partial charge in [0.25, 0.3) is 0 Å². The lowest BCUT2D eigenvalue weighted by atomic mass is 10.2. The molecule has 0 aliphatic heterocycles. The summed E-state index contributed by atoms with van der Waals surface area (Å²) in [5.74, 6) is -0.0214. The molecule has 2 aromatic carbocycles. The summed E-state index contributed by atoms with van der Waals surface area (Å²) in [6.07, 6.45) is 0. The first-order valence-electron chi connectivity index (χ1n) is 6.46. The summed E-state index contributed by atoms with van der Waals surface area (Å²) in [5, 5.41) is 5.40. The van der Waals surface area contributed by atoms with E-state index in [2.05, 4.69) is 10.6 Å². The molecule has 0 fully saturated rings. The number of carbonyl (C=O) groups excluding carboxylic acids is 2. The molecule has 5 nitrogen and oxygen atoms in total. The first kappa shape index (κ1) is 14.6. The predicted octanol–water partition coefficient (Wildman–Crippen LogP) is 3.56. The van der Waals surface area contributed by atoms with Crippen LogP contribution in [0.2, 0.25) is 0 Å². The Morgan fingerprint density at radius 3 is 2.29 bits per heavy atom. The van der Waals surface area contributed by atoms with E-state index in [1.165, 1.54) is 6.92 Å². The number of nitrogens with one attached hydrogen (secondary N) is 2. The SMILES string of the molecule is CC(=O)Oc1cccc(NC(=O)Nc2ccc(C)cc2)c1. The quantitative estimate of drug-likeness (QED) is 0.669. The van der Waals surface area contributed by atoms with Crippen LogP contribution in [0.1, 0.15) is 12.5 Å². The smallest absolute Gasteiger partial charge is 0.323 e. The molecule has 108 valence electrons. The van der Waals surface area contributed by atoms with Crippen LogP contribution >= 0.6 is 0 Å². The van der Waals surface area contributed by atoms with Gasteiger partial charge in [0.2, 0.25) is 0 Å². The number of ether oxygens (including phenoxy) is 1. The van der Waals surface area contributed by atoms with Crippen LogP contribution in [0.25, 0.3) is 0 Å². The van der Waals surface area contributed by atoms with E-state index in [4.69, 9.17) is 4.74 Å². The van der Waals surface area contributed by atoms with Crippen LogP contribution in [-0.2, 0) is 4.79 Å². The zero-order valence-corrected chi connectivity index (χ0v) is 11.8. The van der Waals surface area contributed by atoms with Crippen LogP contribution in [0.5, 0.6) is 5.75 Å². The molecule has 0 bridgehead atoms. The molecule has 0 radical (unpaired) electrons. The number of aryl methyl sites for hydroxylation is 1. The van der Waals surface area contributed by atoms with Crippen molar-refractivity contribution in [2.75, 3.05) is 10.6 Å². The molecule has 2 rings (SSSR count). The van der Waals surface area contributed by atoms with Gasteiger partial charge in [-0.05, 0) is 31.2 Å². The van der Waals surface area contributed by atoms with Crippen LogP contribution in [0.3, 0.4) is 0 Å². The number of rotatable bonds is 3. The van der Waals surface area contributed by atoms with Gasteiger partial charge in [0.05, 0.1) is 0 Å². The highest BCUT2D eigenvalue weighted by Crippen LogP contribution is 2.18. The van der Waals surface area contributed by atoms with E-state index >= 15 is 0 Å². The van der Waals surface area contributed by atoms with Crippen molar-refractivity contribution in [2.24, 2.45) is 0 Å². The van der Waals surface area contributed by atoms with Gasteiger partial charge < -0.3 is 15.4 Å². The normalized spacial score (nSPS) is 9.81. The van der Waals surface area contributed by atoms with Gasteiger partial charge in [-0.15, -0.1) is 0 Å². The minimum atomic E-state index is -0.406. The molecule has 2 aromatic rings. The number of esters is 1. The third kappa shape index (κ3) is 4.65. The molecule has 0 aliphatic carbocycles. The lowest BCUT2D eigenvalue weighted by Crippen LogP contribution is -2.19. The first-order chi connectivity index (χ1) is 10.0. The van der Waals surface area contributed by atoms with E-state index in [9.17, 15) is 9.59 Å². The zero-order valence-electron chi connectivity index (χ0n) is 11.8. The number of hydrogen-bond acceptors (Lipinski definition) is 3. The molecule has 5 heteroatoms. The van der Waals surface area contributed by atoms with Gasteiger partial charge in [-0.25, -0.2) is 4.79 Å². The summed E-state index contributed by atoms with van der Waals surface area (Å²) in [7, 11) is 0. The first-order valence-corrected chi connectivity index (χ1v) is 6.46. The molecule has 0 aliphatic rings. The highest BCUT2D eigenvalue weighted by Gasteiger charge is 2.04. The maximum atomic E-state index is 11.9. The minimum absolute atomic E-state index is 0.362. The van der Waals surface area contributed by atoms with E-state index in [1.807, 2.05) is 31.2 Å². The van der Waals surface area contributed by atoms with Crippen molar-refractivity contribution in [2.45, 2.75) is 13.8 Å². The molecule has 0 spiro atoms. The molecule has 2 amide bonds. The Morgan fingerprint density at radius 1 is 0.952 bits per heavy atom. The highest BCUT2D eigenvalue weighted by atomic mass is 16.5. The Hall–Kier alpha value is -2.82. The standard InChI is InChI=1S/C16H16N2O3/c1-11-6-8-13(9-7-11)17-16(20)18-14-4-3-5-15(10-14)21-12(2)19/h3-10H,1-2H3,(H2,17,18,20). The number of anilines is 2. The number of urea groups is 1. The van der Waals surface area contributed by atoms with Gasteiger partial charge >= 0.3 is 12.0 Å². The monoisotopic (exact) mass is 284 g/mol. The van der Waals surface area contributed by atoms with Crippen molar-refractivity contribution < 1.29 is 14.3 Å². The molecule has 0 heterocycles. The summed E-state index contributed by atoms with van der Waals surface area (Å²) in [5.41, 5.74) is 2.36. The van der Waals surface area contributed by atoms with E-state index in [-0.39, 0.29) is 6.03 Å². The Kier molecular flexibility index (Phi) is 4.56. The van der Waals surface area contributed by atoms with Crippen LogP contribution < -0.4 is 15.4 Å². The number of carbonyl (C=O) groups is 2. The van der Waals surface area contributed by atoms with Crippen molar-refractivity contribution >= 4 is 23.4 Å². The van der Waals surface area contributed by atoms with Crippen LogP contribution in [-0.4, -0.2) is 12.0 Å². The van der Waals surface area contributed by atoms with E-state index in [0.29, 0.717) is 17.1 Å². The van der Waals surface area contributed by atoms with Gasteiger partial charge in [-0.3, -0.25) is 4.79 Å². The van der Waals surface area contributed by atoms with Crippen molar-refractivity contribution in [3.8, 4) is 5.75 Å². The average Bonchev–Trinajstić information content (AvgIpc) is 2.41. The second-order valence-electron chi connectivity index (χ2n) is 4.57. The number of amides is 2. The molecule has 2 N–H and O–H groups in total. The summed E-state index contributed by atoms with van der Waals surface area (Å²) in [4.78, 5) is 22.8. The molecule has 0 unspecified atom stereocenters. The second kappa shape index (κ2) is 6.56. The maximum absolute atomic E-state index is 11.9. The van der Waals surface area contributed by atoms with Gasteiger partial charge in [-0.2, -0.15) is 0 Å². The van der Waals surface area contributed by atoms with Gasteiger partial charge in [0, 0.05) is 24.4 Å². The fraction of sp³-hybridized carbons (Fsp3) is 0.125. The Morgan fingerprint density at radius 2 is 1.62 bits per heavy atom. The van der Waals surface area contributed by atoms with E-state index < -0.39 is 5.97 Å². The molecule has 21 heavy (non-hydrogen) atoms. The fourth-order valence-corrected chi connectivity index (χ4v) is 1.73. The molecule has 0 aromatic heterocycles. The van der Waals surface area contributed by atoms with Crippen LogP contribution in [0.15, 0.2) is 48.5 Å². The fourth-order valence-electron chi connectivity index (χ4n) is 1.73. The molecule has 0 saturated carbocycles. The van der Waals surface area contributed by atoms with E-state index in [1.54, 1.807) is 24.3 Å². The molecular formula is C16H16N2O3. The van der Waals surface area contributed by atoms with Gasteiger partial charge in [-0.1, -0.05) is 23.8 Å². The minimum Gasteiger partial charge on any atom is -0.427 e. The van der Waals surface area contributed by atoms with Crippen LogP contribution in [0.4, 0.5) is 16.2 Å². The number of benzene rings is 2. The third-order valence-electron chi connectivity index (χ3n) is 2.66. The van der Waals surface area contributed by atoms with Crippen molar-refractivity contribution in [1.29, 1.82) is 0 Å². The summed E-state index contributed by atoms with van der Waals surface area (Å²) >= 11 is 0. The largest absolute Gasteiger partial charge is 0.427 e. The zero-order chi connectivity index (χ0) is 15.2. The topological polar surface area (TPSA) is 67.4 Å².